The van der Waals surface area contributed by atoms with Gasteiger partial charge in [-0.2, -0.15) is 26.3 Å². The van der Waals surface area contributed by atoms with Crippen molar-refractivity contribution in [2.45, 2.75) is 38.0 Å². The van der Waals surface area contributed by atoms with Crippen molar-refractivity contribution in [3.8, 4) is 0 Å². The summed E-state index contributed by atoms with van der Waals surface area (Å²) >= 11 is 0. The molecule has 2 aliphatic heterocycles. The number of hydrogen-bond acceptors (Lipinski definition) is 5. The van der Waals surface area contributed by atoms with Crippen LogP contribution in [-0.4, -0.2) is 54.3 Å². The maximum absolute atomic E-state index is 12.8. The number of nitrogens with zero attached hydrogens (tertiary/aromatic N) is 4. The van der Waals surface area contributed by atoms with Crippen LogP contribution in [0.4, 0.5) is 38.0 Å². The smallest absolute Gasteiger partial charge is 0.357 e. The van der Waals surface area contributed by atoms with E-state index in [1.54, 1.807) is 34.1 Å². The number of ketones is 1. The summed E-state index contributed by atoms with van der Waals surface area (Å²) in [6, 6.07) is 6.40. The van der Waals surface area contributed by atoms with E-state index in [0.29, 0.717) is 22.8 Å². The molecule has 4 rings (SSSR count). The molecular formula is C23H24F6N4O. The number of piperidine rings is 2. The Morgan fingerprint density at radius 3 is 1.29 bits per heavy atom. The molecule has 11 heteroatoms. The Hall–Kier alpha value is -2.85. The Labute approximate surface area is 192 Å². The van der Waals surface area contributed by atoms with Crippen molar-refractivity contribution in [1.29, 1.82) is 0 Å². The van der Waals surface area contributed by atoms with E-state index in [4.69, 9.17) is 0 Å². The van der Waals surface area contributed by atoms with Crippen LogP contribution < -0.4 is 9.80 Å². The third-order valence-electron chi connectivity index (χ3n) is 6.58. The molecule has 0 radical (unpaired) electrons. The van der Waals surface area contributed by atoms with E-state index >= 15 is 0 Å². The first-order valence-corrected chi connectivity index (χ1v) is 11.1. The third kappa shape index (κ3) is 5.44. The highest BCUT2D eigenvalue weighted by Crippen LogP contribution is 2.36. The van der Waals surface area contributed by atoms with E-state index in [-0.39, 0.29) is 57.6 Å². The molecule has 2 aliphatic rings. The molecule has 0 spiro atoms. The second-order valence-electron chi connectivity index (χ2n) is 8.75. The molecule has 0 atom stereocenters. The van der Waals surface area contributed by atoms with Gasteiger partial charge in [-0.05, 0) is 49.9 Å². The van der Waals surface area contributed by atoms with Crippen LogP contribution in [-0.2, 0) is 0 Å². The first-order chi connectivity index (χ1) is 16.0. The van der Waals surface area contributed by atoms with Crippen molar-refractivity contribution in [2.24, 2.45) is 11.8 Å². The number of halogens is 6. The number of carbonyl (C=O) groups excluding carboxylic acids is 1. The SMILES string of the molecule is O=C(c1ccc(N2CCC(C(F)(F)F)CC2)nc1)c1ccc(N2CCC(C(F)(F)F)CC2)nc1. The van der Waals surface area contributed by atoms with Crippen LogP contribution in [0.5, 0.6) is 0 Å². The molecule has 0 unspecified atom stereocenters. The highest BCUT2D eigenvalue weighted by atomic mass is 19.4. The zero-order chi connectivity index (χ0) is 24.5. The molecule has 5 nitrogen and oxygen atoms in total. The Morgan fingerprint density at radius 2 is 1.03 bits per heavy atom. The van der Waals surface area contributed by atoms with E-state index < -0.39 is 24.2 Å². The second kappa shape index (κ2) is 9.42. The summed E-state index contributed by atoms with van der Waals surface area (Å²) in [4.78, 5) is 24.8. The molecule has 2 aromatic heterocycles. The Balaban J connectivity index is 1.35. The first-order valence-electron chi connectivity index (χ1n) is 11.1. The van der Waals surface area contributed by atoms with Gasteiger partial charge in [0.25, 0.3) is 0 Å². The molecule has 0 saturated carbocycles. The predicted octanol–water partition coefficient (Wildman–Crippen LogP) is 5.27. The van der Waals surface area contributed by atoms with Crippen LogP contribution in [0.15, 0.2) is 36.7 Å². The summed E-state index contributed by atoms with van der Waals surface area (Å²) in [7, 11) is 0. The van der Waals surface area contributed by atoms with Gasteiger partial charge in [0.1, 0.15) is 11.6 Å². The third-order valence-corrected chi connectivity index (χ3v) is 6.58. The van der Waals surface area contributed by atoms with Gasteiger partial charge in [-0.3, -0.25) is 4.79 Å². The average Bonchev–Trinajstić information content (AvgIpc) is 2.83. The number of hydrogen-bond donors (Lipinski definition) is 0. The van der Waals surface area contributed by atoms with E-state index in [9.17, 15) is 31.1 Å². The maximum atomic E-state index is 12.8. The molecule has 0 amide bonds. The van der Waals surface area contributed by atoms with Crippen LogP contribution in [0.3, 0.4) is 0 Å². The minimum atomic E-state index is -4.18. The van der Waals surface area contributed by atoms with Gasteiger partial charge in [-0.25, -0.2) is 9.97 Å². The predicted molar refractivity (Wildman–Crippen MR) is 114 cm³/mol. The van der Waals surface area contributed by atoms with E-state index in [2.05, 4.69) is 9.97 Å². The van der Waals surface area contributed by atoms with Crippen LogP contribution >= 0.6 is 0 Å². The molecular weight excluding hydrogens is 462 g/mol. The monoisotopic (exact) mass is 486 g/mol. The Bertz CT molecular complexity index is 895. The molecule has 34 heavy (non-hydrogen) atoms. The number of pyridine rings is 2. The fourth-order valence-electron chi connectivity index (χ4n) is 4.45. The summed E-state index contributed by atoms with van der Waals surface area (Å²) < 4.78 is 77.1. The number of anilines is 2. The lowest BCUT2D eigenvalue weighted by molar-refractivity contribution is -0.179. The van der Waals surface area contributed by atoms with Crippen molar-refractivity contribution >= 4 is 17.4 Å². The van der Waals surface area contributed by atoms with Crippen LogP contribution in [0.25, 0.3) is 0 Å². The largest absolute Gasteiger partial charge is 0.391 e. The van der Waals surface area contributed by atoms with Gasteiger partial charge in [-0.1, -0.05) is 0 Å². The fourth-order valence-corrected chi connectivity index (χ4v) is 4.45. The van der Waals surface area contributed by atoms with Gasteiger partial charge >= 0.3 is 12.4 Å². The molecule has 0 aromatic carbocycles. The van der Waals surface area contributed by atoms with Gasteiger partial charge in [0, 0.05) is 49.7 Å². The molecule has 0 N–H and O–H groups in total. The first kappa shape index (κ1) is 24.3. The minimum Gasteiger partial charge on any atom is -0.357 e. The molecule has 2 saturated heterocycles. The van der Waals surface area contributed by atoms with E-state index in [1.165, 1.54) is 12.4 Å². The van der Waals surface area contributed by atoms with Gasteiger partial charge in [0.05, 0.1) is 11.8 Å². The topological polar surface area (TPSA) is 49.3 Å². The van der Waals surface area contributed by atoms with Crippen LogP contribution in [0, 0.1) is 11.8 Å². The molecule has 0 aliphatic carbocycles. The van der Waals surface area contributed by atoms with Crippen molar-refractivity contribution < 1.29 is 31.1 Å². The minimum absolute atomic E-state index is 0.0117. The van der Waals surface area contributed by atoms with Crippen LogP contribution in [0.2, 0.25) is 0 Å². The fraction of sp³-hybridized carbons (Fsp3) is 0.522. The molecule has 184 valence electrons. The highest BCUT2D eigenvalue weighted by Gasteiger charge is 2.42. The number of rotatable bonds is 4. The van der Waals surface area contributed by atoms with Gasteiger partial charge in [-0.15, -0.1) is 0 Å². The zero-order valence-corrected chi connectivity index (χ0v) is 18.2. The van der Waals surface area contributed by atoms with Gasteiger partial charge < -0.3 is 9.80 Å². The molecule has 2 fully saturated rings. The van der Waals surface area contributed by atoms with E-state index in [0.717, 1.165) is 0 Å². The molecule has 4 heterocycles. The quantitative estimate of drug-likeness (QED) is 0.436. The number of aromatic nitrogens is 2. The summed E-state index contributed by atoms with van der Waals surface area (Å²) in [5, 5.41) is 0. The van der Waals surface area contributed by atoms with Crippen molar-refractivity contribution in [1.82, 2.24) is 9.97 Å². The van der Waals surface area contributed by atoms with Crippen molar-refractivity contribution in [3.05, 3.63) is 47.8 Å². The second-order valence-corrected chi connectivity index (χ2v) is 8.75. The Kier molecular flexibility index (Phi) is 6.73. The van der Waals surface area contributed by atoms with Gasteiger partial charge in [0.15, 0.2) is 5.78 Å². The lowest BCUT2D eigenvalue weighted by atomic mass is 9.96. The standard InChI is InChI=1S/C23H24F6N4O/c24-22(25,26)17-5-9-32(10-6-17)19-3-1-15(13-30-19)21(34)16-2-4-20(31-14-16)33-11-7-18(8-12-33)23(27,28)29/h1-4,13-14,17-18H,5-12H2. The van der Waals surface area contributed by atoms with Crippen molar-refractivity contribution in [3.63, 3.8) is 0 Å². The summed E-state index contributed by atoms with van der Waals surface area (Å²) in [5.74, 6) is -1.86. The van der Waals surface area contributed by atoms with Crippen LogP contribution in [0.1, 0.15) is 41.6 Å². The summed E-state index contributed by atoms with van der Waals surface area (Å²) in [5.41, 5.74) is 0.629. The van der Waals surface area contributed by atoms with Crippen molar-refractivity contribution in [2.75, 3.05) is 36.0 Å². The summed E-state index contributed by atoms with van der Waals surface area (Å²) in [6.45, 7) is 0.984. The number of carbonyl (C=O) groups is 1. The number of alkyl halides is 6. The maximum Gasteiger partial charge on any atom is 0.391 e. The lowest BCUT2D eigenvalue weighted by Crippen LogP contribution is -2.39. The van der Waals surface area contributed by atoms with E-state index in [1.807, 2.05) is 0 Å². The normalized spacial score (nSPS) is 18.9. The average molecular weight is 486 g/mol. The highest BCUT2D eigenvalue weighted by molar-refractivity contribution is 6.08. The zero-order valence-electron chi connectivity index (χ0n) is 18.2. The molecule has 0 bridgehead atoms. The summed E-state index contributed by atoms with van der Waals surface area (Å²) in [6.07, 6.45) is -5.53. The lowest BCUT2D eigenvalue weighted by Gasteiger charge is -2.33. The Morgan fingerprint density at radius 1 is 0.676 bits per heavy atom. The molecule has 2 aromatic rings. The van der Waals surface area contributed by atoms with Gasteiger partial charge in [0.2, 0.25) is 0 Å².